The summed E-state index contributed by atoms with van der Waals surface area (Å²) < 4.78 is 0. The number of carbonyl (C=O) groups is 1. The lowest BCUT2D eigenvalue weighted by atomic mass is 10.2. The van der Waals surface area contributed by atoms with Crippen LogP contribution in [0.15, 0.2) is 49.3 Å². The van der Waals surface area contributed by atoms with Crippen LogP contribution in [0.3, 0.4) is 0 Å². The van der Waals surface area contributed by atoms with E-state index < -0.39 is 0 Å². The minimum absolute atomic E-state index is 0.250. The molecule has 0 aliphatic carbocycles. The zero-order chi connectivity index (χ0) is 15.1. The Morgan fingerprint density at radius 3 is 2.52 bits per heavy atom. The molecular formula is C15H13N5O. The van der Waals surface area contributed by atoms with Crippen LogP contribution < -0.4 is 10.6 Å². The van der Waals surface area contributed by atoms with E-state index in [4.69, 9.17) is 5.26 Å². The lowest BCUT2D eigenvalue weighted by Gasteiger charge is -2.05. The highest BCUT2D eigenvalue weighted by Crippen LogP contribution is 2.13. The molecule has 0 radical (unpaired) electrons. The fourth-order valence-corrected chi connectivity index (χ4v) is 1.53. The van der Waals surface area contributed by atoms with Gasteiger partial charge in [-0.25, -0.2) is 9.97 Å². The van der Waals surface area contributed by atoms with Crippen molar-refractivity contribution >= 4 is 17.5 Å². The molecule has 1 heterocycles. The fraction of sp³-hybridized carbons (Fsp3) is 0.0667. The van der Waals surface area contributed by atoms with Crippen molar-refractivity contribution < 1.29 is 4.79 Å². The molecular weight excluding hydrogens is 266 g/mol. The molecule has 0 fully saturated rings. The van der Waals surface area contributed by atoms with Crippen molar-refractivity contribution in [2.75, 3.05) is 11.9 Å². The summed E-state index contributed by atoms with van der Waals surface area (Å²) >= 11 is 0. The van der Waals surface area contributed by atoms with Crippen LogP contribution in [-0.2, 0) is 0 Å². The fourth-order valence-electron chi connectivity index (χ4n) is 1.53. The van der Waals surface area contributed by atoms with Gasteiger partial charge in [-0.3, -0.25) is 4.79 Å². The largest absolute Gasteiger partial charge is 0.348 e. The summed E-state index contributed by atoms with van der Waals surface area (Å²) in [7, 11) is 0. The van der Waals surface area contributed by atoms with Crippen molar-refractivity contribution in [3.05, 3.63) is 60.4 Å². The van der Waals surface area contributed by atoms with Crippen LogP contribution in [0.25, 0.3) is 0 Å². The number of benzene rings is 1. The molecule has 2 aromatic rings. The van der Waals surface area contributed by atoms with Crippen molar-refractivity contribution in [1.82, 2.24) is 15.3 Å². The van der Waals surface area contributed by atoms with Gasteiger partial charge >= 0.3 is 0 Å². The summed E-state index contributed by atoms with van der Waals surface area (Å²) in [5.74, 6) is 0.125. The Bertz CT molecular complexity index is 671. The molecule has 0 saturated carbocycles. The lowest BCUT2D eigenvalue weighted by Crippen LogP contribution is -2.23. The van der Waals surface area contributed by atoms with Gasteiger partial charge < -0.3 is 10.6 Å². The van der Waals surface area contributed by atoms with Gasteiger partial charge in [0.2, 0.25) is 5.95 Å². The molecule has 1 aromatic heterocycles. The number of carbonyl (C=O) groups excluding carboxylic acids is 1. The molecule has 0 saturated heterocycles. The summed E-state index contributed by atoms with van der Waals surface area (Å²) in [6.45, 7) is 3.92. The van der Waals surface area contributed by atoms with Crippen LogP contribution in [0.1, 0.15) is 15.9 Å². The van der Waals surface area contributed by atoms with E-state index in [1.165, 1.54) is 12.4 Å². The minimum atomic E-state index is -0.250. The number of nitriles is 1. The first-order valence-electron chi connectivity index (χ1n) is 6.21. The zero-order valence-corrected chi connectivity index (χ0v) is 11.2. The summed E-state index contributed by atoms with van der Waals surface area (Å²) in [5.41, 5.74) is 1.72. The number of amides is 1. The summed E-state index contributed by atoms with van der Waals surface area (Å²) in [5, 5.41) is 14.4. The highest BCUT2D eigenvalue weighted by molar-refractivity contribution is 5.93. The number of hydrogen-bond donors (Lipinski definition) is 2. The second-order valence-corrected chi connectivity index (χ2v) is 4.11. The van der Waals surface area contributed by atoms with E-state index in [1.54, 1.807) is 30.3 Å². The SMILES string of the molecule is C=CCNC(=O)c1cnc(Nc2ccc(C#N)cc2)nc1. The molecule has 2 rings (SSSR count). The molecule has 0 aliphatic rings. The van der Waals surface area contributed by atoms with Crippen LogP contribution in [-0.4, -0.2) is 22.4 Å². The smallest absolute Gasteiger partial charge is 0.254 e. The molecule has 104 valence electrons. The molecule has 0 atom stereocenters. The average Bonchev–Trinajstić information content (AvgIpc) is 2.54. The average molecular weight is 279 g/mol. The van der Waals surface area contributed by atoms with E-state index in [2.05, 4.69) is 27.2 Å². The first kappa shape index (κ1) is 14.2. The van der Waals surface area contributed by atoms with Gasteiger partial charge in [0.15, 0.2) is 0 Å². The maximum Gasteiger partial charge on any atom is 0.254 e. The van der Waals surface area contributed by atoms with Gasteiger partial charge in [0.05, 0.1) is 17.2 Å². The molecule has 6 nitrogen and oxygen atoms in total. The van der Waals surface area contributed by atoms with Crippen LogP contribution in [0.2, 0.25) is 0 Å². The van der Waals surface area contributed by atoms with Gasteiger partial charge in [-0.1, -0.05) is 6.08 Å². The van der Waals surface area contributed by atoms with Gasteiger partial charge in [0, 0.05) is 24.6 Å². The Kier molecular flexibility index (Phi) is 4.62. The number of nitrogens with one attached hydrogen (secondary N) is 2. The molecule has 0 bridgehead atoms. The number of anilines is 2. The summed E-state index contributed by atoms with van der Waals surface area (Å²) in [6, 6.07) is 8.95. The third-order valence-corrected chi connectivity index (χ3v) is 2.59. The monoisotopic (exact) mass is 279 g/mol. The van der Waals surface area contributed by atoms with Crippen molar-refractivity contribution in [3.63, 3.8) is 0 Å². The quantitative estimate of drug-likeness (QED) is 0.817. The Labute approximate surface area is 122 Å². The number of rotatable bonds is 5. The first-order valence-corrected chi connectivity index (χ1v) is 6.21. The van der Waals surface area contributed by atoms with Crippen LogP contribution in [0, 0.1) is 11.3 Å². The topological polar surface area (TPSA) is 90.7 Å². The maximum absolute atomic E-state index is 11.7. The van der Waals surface area contributed by atoms with E-state index >= 15 is 0 Å². The standard InChI is InChI=1S/C15H13N5O/c1-2-7-17-14(21)12-9-18-15(19-10-12)20-13-5-3-11(8-16)4-6-13/h2-6,9-10H,1,7H2,(H,17,21)(H,18,19,20). The van der Waals surface area contributed by atoms with E-state index in [-0.39, 0.29) is 5.91 Å². The second kappa shape index (κ2) is 6.82. The number of aromatic nitrogens is 2. The van der Waals surface area contributed by atoms with E-state index in [0.717, 1.165) is 5.69 Å². The molecule has 1 amide bonds. The van der Waals surface area contributed by atoms with Crippen molar-refractivity contribution in [2.45, 2.75) is 0 Å². The highest BCUT2D eigenvalue weighted by Gasteiger charge is 2.06. The minimum Gasteiger partial charge on any atom is -0.348 e. The molecule has 0 spiro atoms. The van der Waals surface area contributed by atoms with Gasteiger partial charge in [0.1, 0.15) is 0 Å². The van der Waals surface area contributed by atoms with Crippen LogP contribution in [0.4, 0.5) is 11.6 Å². The molecule has 1 aromatic carbocycles. The third kappa shape index (κ3) is 3.88. The first-order chi connectivity index (χ1) is 10.2. The number of hydrogen-bond acceptors (Lipinski definition) is 5. The normalized spacial score (nSPS) is 9.48. The molecule has 2 N–H and O–H groups in total. The number of nitrogens with zero attached hydrogens (tertiary/aromatic N) is 3. The van der Waals surface area contributed by atoms with E-state index in [1.807, 2.05) is 6.07 Å². The molecule has 0 unspecified atom stereocenters. The lowest BCUT2D eigenvalue weighted by molar-refractivity contribution is 0.0957. The second-order valence-electron chi connectivity index (χ2n) is 4.11. The Morgan fingerprint density at radius 1 is 1.29 bits per heavy atom. The molecule has 6 heteroatoms. The predicted molar refractivity (Wildman–Crippen MR) is 79.0 cm³/mol. The van der Waals surface area contributed by atoms with Crippen molar-refractivity contribution in [3.8, 4) is 6.07 Å². The predicted octanol–water partition coefficient (Wildman–Crippen LogP) is 2.01. The zero-order valence-electron chi connectivity index (χ0n) is 11.2. The molecule has 21 heavy (non-hydrogen) atoms. The van der Waals surface area contributed by atoms with Gasteiger partial charge in [-0.2, -0.15) is 5.26 Å². The maximum atomic E-state index is 11.7. The Morgan fingerprint density at radius 2 is 1.95 bits per heavy atom. The van der Waals surface area contributed by atoms with Crippen molar-refractivity contribution in [1.29, 1.82) is 5.26 Å². The van der Waals surface area contributed by atoms with Gasteiger partial charge in [-0.05, 0) is 24.3 Å². The Balaban J connectivity index is 2.03. The van der Waals surface area contributed by atoms with Crippen molar-refractivity contribution in [2.24, 2.45) is 0 Å². The highest BCUT2D eigenvalue weighted by atomic mass is 16.1. The van der Waals surface area contributed by atoms with E-state index in [0.29, 0.717) is 23.6 Å². The van der Waals surface area contributed by atoms with E-state index in [9.17, 15) is 4.79 Å². The van der Waals surface area contributed by atoms with Gasteiger partial charge in [-0.15, -0.1) is 6.58 Å². The third-order valence-electron chi connectivity index (χ3n) is 2.59. The Hall–Kier alpha value is -3.20. The summed E-state index contributed by atoms with van der Waals surface area (Å²) in [4.78, 5) is 19.8. The van der Waals surface area contributed by atoms with Crippen LogP contribution >= 0.6 is 0 Å². The van der Waals surface area contributed by atoms with Gasteiger partial charge in [0.25, 0.3) is 5.91 Å². The molecule has 0 aliphatic heterocycles. The summed E-state index contributed by atoms with van der Waals surface area (Å²) in [6.07, 6.45) is 4.48. The van der Waals surface area contributed by atoms with Crippen LogP contribution in [0.5, 0.6) is 0 Å².